The zero-order valence-corrected chi connectivity index (χ0v) is 11.8. The molecule has 1 aliphatic heterocycles. The second-order valence-corrected chi connectivity index (χ2v) is 5.18. The van der Waals surface area contributed by atoms with Gasteiger partial charge in [-0.3, -0.25) is 9.69 Å². The smallest absolute Gasteiger partial charge is 0.309 e. The number of carbonyl (C=O) groups excluding carboxylic acids is 1. The van der Waals surface area contributed by atoms with Crippen LogP contribution in [-0.4, -0.2) is 40.6 Å². The zero-order valence-electron chi connectivity index (χ0n) is 11.8. The van der Waals surface area contributed by atoms with E-state index in [1.807, 2.05) is 12.5 Å². The van der Waals surface area contributed by atoms with Crippen molar-refractivity contribution in [2.24, 2.45) is 5.92 Å². The van der Waals surface area contributed by atoms with Crippen molar-refractivity contribution in [3.63, 3.8) is 0 Å². The number of nitrogens with zero attached hydrogens (tertiary/aromatic N) is 3. The molecule has 1 aromatic heterocycles. The van der Waals surface area contributed by atoms with Gasteiger partial charge in [-0.15, -0.1) is 0 Å². The second kappa shape index (κ2) is 6.70. The van der Waals surface area contributed by atoms with Gasteiger partial charge in [0.2, 0.25) is 0 Å². The van der Waals surface area contributed by atoms with Gasteiger partial charge in [0, 0.05) is 25.8 Å². The number of imidazole rings is 1. The third kappa shape index (κ3) is 3.56. The van der Waals surface area contributed by atoms with Crippen LogP contribution in [-0.2, 0) is 22.6 Å². The Morgan fingerprint density at radius 1 is 1.58 bits per heavy atom. The average molecular weight is 265 g/mol. The van der Waals surface area contributed by atoms with E-state index in [2.05, 4.69) is 21.4 Å². The first-order chi connectivity index (χ1) is 9.24. The number of methoxy groups -OCH3 is 1. The van der Waals surface area contributed by atoms with Crippen molar-refractivity contribution in [3.8, 4) is 0 Å². The van der Waals surface area contributed by atoms with Gasteiger partial charge >= 0.3 is 5.97 Å². The summed E-state index contributed by atoms with van der Waals surface area (Å²) in [5.74, 6) is -0.0481. The summed E-state index contributed by atoms with van der Waals surface area (Å²) in [6, 6.07) is 0. The van der Waals surface area contributed by atoms with E-state index < -0.39 is 0 Å². The number of aryl methyl sites for hydroxylation is 1. The van der Waals surface area contributed by atoms with Crippen LogP contribution in [0.5, 0.6) is 0 Å². The normalized spacial score (nSPS) is 20.4. The lowest BCUT2D eigenvalue weighted by molar-refractivity contribution is -0.147. The quantitative estimate of drug-likeness (QED) is 0.760. The maximum atomic E-state index is 11.6. The molecule has 0 saturated carbocycles. The standard InChI is InChI=1S/C14H23N3O2/c1-3-6-17-11-15-8-13(17)10-16-7-4-5-12(9-16)14(18)19-2/h8,11-12H,3-7,9-10H2,1-2H3/t12-/m0/s1. The fourth-order valence-electron chi connectivity index (χ4n) is 2.71. The van der Waals surface area contributed by atoms with Crippen molar-refractivity contribution < 1.29 is 9.53 Å². The van der Waals surface area contributed by atoms with E-state index in [0.717, 1.165) is 45.4 Å². The predicted octanol–water partition coefficient (Wildman–Crippen LogP) is 1.68. The Bertz CT molecular complexity index is 417. The minimum absolute atomic E-state index is 0.0290. The molecule has 5 heteroatoms. The van der Waals surface area contributed by atoms with Gasteiger partial charge in [-0.25, -0.2) is 4.98 Å². The lowest BCUT2D eigenvalue weighted by Crippen LogP contribution is -2.39. The summed E-state index contributed by atoms with van der Waals surface area (Å²) in [5.41, 5.74) is 1.23. The van der Waals surface area contributed by atoms with Crippen LogP contribution >= 0.6 is 0 Å². The molecule has 1 atom stereocenters. The number of carbonyl (C=O) groups is 1. The molecule has 0 radical (unpaired) electrons. The number of hydrogen-bond acceptors (Lipinski definition) is 4. The van der Waals surface area contributed by atoms with Gasteiger partial charge in [0.1, 0.15) is 0 Å². The number of rotatable bonds is 5. The third-order valence-corrected chi connectivity index (χ3v) is 3.69. The molecule has 0 aliphatic carbocycles. The number of aromatic nitrogens is 2. The van der Waals surface area contributed by atoms with Crippen LogP contribution in [0.3, 0.4) is 0 Å². The monoisotopic (exact) mass is 265 g/mol. The molecule has 0 bridgehead atoms. The van der Waals surface area contributed by atoms with Crippen LogP contribution in [0.2, 0.25) is 0 Å². The van der Waals surface area contributed by atoms with E-state index in [1.165, 1.54) is 12.8 Å². The predicted molar refractivity (Wildman–Crippen MR) is 72.5 cm³/mol. The maximum Gasteiger partial charge on any atom is 0.309 e. The Morgan fingerprint density at radius 3 is 3.16 bits per heavy atom. The van der Waals surface area contributed by atoms with Crippen molar-refractivity contribution in [2.45, 2.75) is 39.3 Å². The summed E-state index contributed by atoms with van der Waals surface area (Å²) in [7, 11) is 1.47. The van der Waals surface area contributed by atoms with Gasteiger partial charge in [0.05, 0.1) is 25.0 Å². The minimum atomic E-state index is -0.0771. The van der Waals surface area contributed by atoms with Crippen LogP contribution in [0.15, 0.2) is 12.5 Å². The van der Waals surface area contributed by atoms with Crippen molar-refractivity contribution in [2.75, 3.05) is 20.2 Å². The van der Waals surface area contributed by atoms with Gasteiger partial charge in [0.25, 0.3) is 0 Å². The van der Waals surface area contributed by atoms with Crippen LogP contribution < -0.4 is 0 Å². The fraction of sp³-hybridized carbons (Fsp3) is 0.714. The summed E-state index contributed by atoms with van der Waals surface area (Å²) in [5, 5.41) is 0. The Hall–Kier alpha value is -1.36. The van der Waals surface area contributed by atoms with Gasteiger partial charge < -0.3 is 9.30 Å². The van der Waals surface area contributed by atoms with E-state index in [9.17, 15) is 4.79 Å². The molecule has 2 rings (SSSR count). The van der Waals surface area contributed by atoms with Crippen LogP contribution in [0, 0.1) is 5.92 Å². The molecule has 106 valence electrons. The highest BCUT2D eigenvalue weighted by Gasteiger charge is 2.26. The summed E-state index contributed by atoms with van der Waals surface area (Å²) in [6.45, 7) is 5.88. The Morgan fingerprint density at radius 2 is 2.42 bits per heavy atom. The topological polar surface area (TPSA) is 47.4 Å². The van der Waals surface area contributed by atoms with E-state index in [4.69, 9.17) is 4.74 Å². The first-order valence-corrected chi connectivity index (χ1v) is 7.03. The Kier molecular flexibility index (Phi) is 4.96. The Balaban J connectivity index is 1.94. The molecule has 19 heavy (non-hydrogen) atoms. The Labute approximate surface area is 114 Å². The van der Waals surface area contributed by atoms with Gasteiger partial charge in [-0.1, -0.05) is 6.92 Å². The number of esters is 1. The van der Waals surface area contributed by atoms with Crippen molar-refractivity contribution in [1.82, 2.24) is 14.5 Å². The molecule has 0 unspecified atom stereocenters. The second-order valence-electron chi connectivity index (χ2n) is 5.18. The van der Waals surface area contributed by atoms with E-state index in [-0.39, 0.29) is 11.9 Å². The minimum Gasteiger partial charge on any atom is -0.469 e. The zero-order chi connectivity index (χ0) is 13.7. The summed E-state index contributed by atoms with van der Waals surface area (Å²) in [6.07, 6.45) is 6.92. The van der Waals surface area contributed by atoms with Crippen LogP contribution in [0.1, 0.15) is 31.9 Å². The highest BCUT2D eigenvalue weighted by Crippen LogP contribution is 2.19. The maximum absolute atomic E-state index is 11.6. The molecule has 0 spiro atoms. The van der Waals surface area contributed by atoms with Crippen molar-refractivity contribution in [1.29, 1.82) is 0 Å². The summed E-state index contributed by atoms with van der Waals surface area (Å²) >= 11 is 0. The highest BCUT2D eigenvalue weighted by atomic mass is 16.5. The molecule has 0 N–H and O–H groups in total. The lowest BCUT2D eigenvalue weighted by atomic mass is 9.98. The molecular weight excluding hydrogens is 242 g/mol. The van der Waals surface area contributed by atoms with E-state index in [1.54, 1.807) is 0 Å². The van der Waals surface area contributed by atoms with E-state index >= 15 is 0 Å². The molecule has 1 aliphatic rings. The fourth-order valence-corrected chi connectivity index (χ4v) is 2.71. The molecule has 5 nitrogen and oxygen atoms in total. The van der Waals surface area contributed by atoms with Crippen molar-refractivity contribution in [3.05, 3.63) is 18.2 Å². The molecule has 0 aromatic carbocycles. The summed E-state index contributed by atoms with van der Waals surface area (Å²) in [4.78, 5) is 18.2. The van der Waals surface area contributed by atoms with Gasteiger partial charge in [-0.05, 0) is 25.8 Å². The molecule has 0 amide bonds. The molecule has 2 heterocycles. The molecular formula is C14H23N3O2. The number of piperidine rings is 1. The molecule has 1 fully saturated rings. The first kappa shape index (κ1) is 14.1. The van der Waals surface area contributed by atoms with Gasteiger partial charge in [-0.2, -0.15) is 0 Å². The number of ether oxygens (including phenoxy) is 1. The number of likely N-dealkylation sites (tertiary alicyclic amines) is 1. The first-order valence-electron chi connectivity index (χ1n) is 7.03. The highest BCUT2D eigenvalue weighted by molar-refractivity contribution is 5.72. The summed E-state index contributed by atoms with van der Waals surface area (Å²) < 4.78 is 7.05. The van der Waals surface area contributed by atoms with Crippen LogP contribution in [0.4, 0.5) is 0 Å². The molecule has 1 aromatic rings. The van der Waals surface area contributed by atoms with E-state index in [0.29, 0.717) is 0 Å². The van der Waals surface area contributed by atoms with Gasteiger partial charge in [0.15, 0.2) is 0 Å². The van der Waals surface area contributed by atoms with Crippen molar-refractivity contribution >= 4 is 5.97 Å². The average Bonchev–Trinajstić information content (AvgIpc) is 2.86. The third-order valence-electron chi connectivity index (χ3n) is 3.69. The lowest BCUT2D eigenvalue weighted by Gasteiger charge is -2.31. The van der Waals surface area contributed by atoms with Crippen LogP contribution in [0.25, 0.3) is 0 Å². The molecule has 1 saturated heterocycles. The SMILES string of the molecule is CCCn1cncc1CN1CCC[C@H](C(=O)OC)C1. The number of hydrogen-bond donors (Lipinski definition) is 0. The largest absolute Gasteiger partial charge is 0.469 e.